The molecule has 0 radical (unpaired) electrons. The molecule has 0 spiro atoms. The van der Waals surface area contributed by atoms with Crippen LogP contribution in [0.25, 0.3) is 11.3 Å². The van der Waals surface area contributed by atoms with E-state index < -0.39 is 23.7 Å². The van der Waals surface area contributed by atoms with Crippen molar-refractivity contribution in [2.24, 2.45) is 0 Å². The van der Waals surface area contributed by atoms with Gasteiger partial charge in [0, 0.05) is 23.9 Å². The molecule has 1 saturated heterocycles. The van der Waals surface area contributed by atoms with Crippen molar-refractivity contribution in [3.63, 3.8) is 0 Å². The molecule has 1 aliphatic rings. The number of likely N-dealkylation sites (tertiary alicyclic amines) is 1. The van der Waals surface area contributed by atoms with Crippen molar-refractivity contribution in [2.75, 3.05) is 24.3 Å². The Morgan fingerprint density at radius 3 is 2.50 bits per heavy atom. The van der Waals surface area contributed by atoms with E-state index in [4.69, 9.17) is 20.3 Å². The third-order valence-electron chi connectivity index (χ3n) is 6.41. The van der Waals surface area contributed by atoms with E-state index >= 15 is 0 Å². The van der Waals surface area contributed by atoms with Crippen LogP contribution < -0.4 is 11.2 Å². The number of esters is 1. The smallest absolute Gasteiger partial charge is 0.410 e. The molecule has 0 saturated carbocycles. The van der Waals surface area contributed by atoms with Crippen molar-refractivity contribution in [3.05, 3.63) is 65.2 Å². The molecule has 2 amide bonds. The van der Waals surface area contributed by atoms with Crippen molar-refractivity contribution in [2.45, 2.75) is 65.5 Å². The number of piperidine rings is 1. The van der Waals surface area contributed by atoms with E-state index in [1.165, 1.54) is 4.68 Å². The van der Waals surface area contributed by atoms with E-state index in [9.17, 15) is 14.4 Å². The van der Waals surface area contributed by atoms with E-state index in [0.717, 1.165) is 18.4 Å². The van der Waals surface area contributed by atoms with Crippen LogP contribution in [-0.2, 0) is 9.47 Å². The van der Waals surface area contributed by atoms with Gasteiger partial charge in [0.2, 0.25) is 0 Å². The van der Waals surface area contributed by atoms with Gasteiger partial charge < -0.3 is 20.6 Å². The second-order valence-corrected chi connectivity index (χ2v) is 10.7. The van der Waals surface area contributed by atoms with Crippen LogP contribution in [0.3, 0.4) is 0 Å². The number of imidazole rings is 1. The predicted molar refractivity (Wildman–Crippen MR) is 150 cm³/mol. The number of ether oxygens (including phenoxy) is 2. The summed E-state index contributed by atoms with van der Waals surface area (Å²) in [5, 5.41) is 2.78. The zero-order valence-corrected chi connectivity index (χ0v) is 23.6. The van der Waals surface area contributed by atoms with Gasteiger partial charge in [-0.1, -0.05) is 12.1 Å². The van der Waals surface area contributed by atoms with Crippen molar-refractivity contribution >= 4 is 23.8 Å². The highest BCUT2D eigenvalue weighted by atomic mass is 16.6. The number of nitrogen functional groups attached to an aromatic ring is 1. The van der Waals surface area contributed by atoms with Crippen LogP contribution in [0.2, 0.25) is 0 Å². The molecule has 1 atom stereocenters. The molecule has 0 unspecified atom stereocenters. The highest BCUT2D eigenvalue weighted by Crippen LogP contribution is 2.35. The number of carbonyl (C=O) groups is 3. The maximum Gasteiger partial charge on any atom is 0.410 e. The molecule has 3 aromatic rings. The minimum atomic E-state index is -0.665. The number of nitrogens with two attached hydrogens (primary N) is 1. The Hall–Kier alpha value is -4.41. The van der Waals surface area contributed by atoms with Crippen LogP contribution in [0.5, 0.6) is 0 Å². The molecule has 3 N–H and O–H groups in total. The molecule has 1 aliphatic heterocycles. The van der Waals surface area contributed by atoms with Crippen molar-refractivity contribution in [1.82, 2.24) is 19.5 Å². The zero-order valence-electron chi connectivity index (χ0n) is 23.6. The van der Waals surface area contributed by atoms with Crippen LogP contribution in [0.15, 0.2) is 42.6 Å². The SMILES string of the molecule is CCOC(=O)c1c(-c2ccc(C(=O)Nc3cc(C)ccn3)cc2)nc([C@@H]2CCCCN2C(=O)OC(C)(C)C)n1N. The molecule has 0 aliphatic carbocycles. The van der Waals surface area contributed by atoms with Gasteiger partial charge in [0.15, 0.2) is 11.5 Å². The topological polar surface area (TPSA) is 142 Å². The molecule has 0 bridgehead atoms. The average Bonchev–Trinajstić information content (AvgIpc) is 3.25. The van der Waals surface area contributed by atoms with Gasteiger partial charge in [0.1, 0.15) is 17.1 Å². The average molecular weight is 549 g/mol. The van der Waals surface area contributed by atoms with E-state index in [0.29, 0.717) is 41.4 Å². The Labute approximate surface area is 233 Å². The van der Waals surface area contributed by atoms with Crippen LogP contribution in [0, 0.1) is 6.92 Å². The summed E-state index contributed by atoms with van der Waals surface area (Å²) in [7, 11) is 0. The third kappa shape index (κ3) is 6.41. The van der Waals surface area contributed by atoms with E-state index in [1.807, 2.05) is 33.8 Å². The normalized spacial score (nSPS) is 15.4. The van der Waals surface area contributed by atoms with Gasteiger partial charge in [-0.25, -0.2) is 24.2 Å². The molecule has 11 heteroatoms. The first-order valence-corrected chi connectivity index (χ1v) is 13.4. The summed E-state index contributed by atoms with van der Waals surface area (Å²) in [5.41, 5.74) is 1.65. The second kappa shape index (κ2) is 11.8. The highest BCUT2D eigenvalue weighted by molar-refractivity contribution is 6.04. The zero-order chi connectivity index (χ0) is 29.0. The summed E-state index contributed by atoms with van der Waals surface area (Å²) in [6.07, 6.45) is 3.46. The summed E-state index contributed by atoms with van der Waals surface area (Å²) in [4.78, 5) is 49.4. The predicted octanol–water partition coefficient (Wildman–Crippen LogP) is 4.86. The highest BCUT2D eigenvalue weighted by Gasteiger charge is 2.36. The number of benzene rings is 1. The largest absolute Gasteiger partial charge is 0.461 e. The van der Waals surface area contributed by atoms with Crippen molar-refractivity contribution in [1.29, 1.82) is 0 Å². The molecule has 212 valence electrons. The Morgan fingerprint density at radius 2 is 1.85 bits per heavy atom. The van der Waals surface area contributed by atoms with Crippen LogP contribution in [0.4, 0.5) is 10.6 Å². The van der Waals surface area contributed by atoms with Gasteiger partial charge in [-0.3, -0.25) is 9.69 Å². The van der Waals surface area contributed by atoms with E-state index in [1.54, 1.807) is 48.4 Å². The molecule has 1 fully saturated rings. The Morgan fingerprint density at radius 1 is 1.12 bits per heavy atom. The number of rotatable bonds is 6. The Kier molecular flexibility index (Phi) is 8.41. The molecular weight excluding hydrogens is 512 g/mol. The van der Waals surface area contributed by atoms with Gasteiger partial charge in [0.05, 0.1) is 12.6 Å². The standard InChI is InChI=1S/C29H36N6O5/c1-6-39-27(37)24-23(19-10-12-20(13-11-19)26(36)32-22-17-18(2)14-15-31-22)33-25(35(24)30)21-9-7-8-16-34(21)28(38)40-29(3,4)5/h10-15,17,21H,6-9,16,30H2,1-5H3,(H,31,32,36)/t21-/m0/s1. The number of nitrogens with one attached hydrogen (secondary N) is 1. The number of hydrogen-bond donors (Lipinski definition) is 2. The quantitative estimate of drug-likeness (QED) is 0.329. The number of amides is 2. The minimum absolute atomic E-state index is 0.0627. The molecule has 4 rings (SSSR count). The summed E-state index contributed by atoms with van der Waals surface area (Å²) in [5.74, 6) is 6.32. The van der Waals surface area contributed by atoms with Gasteiger partial charge in [-0.05, 0) is 83.7 Å². The fourth-order valence-electron chi connectivity index (χ4n) is 4.59. The Bertz CT molecular complexity index is 1390. The van der Waals surface area contributed by atoms with Gasteiger partial charge in [-0.2, -0.15) is 0 Å². The van der Waals surface area contributed by atoms with Gasteiger partial charge in [-0.15, -0.1) is 0 Å². The molecule has 11 nitrogen and oxygen atoms in total. The lowest BCUT2D eigenvalue weighted by Crippen LogP contribution is -2.43. The maximum atomic E-state index is 13.0. The first-order chi connectivity index (χ1) is 19.0. The first kappa shape index (κ1) is 28.6. The molecular formula is C29H36N6O5. The lowest BCUT2D eigenvalue weighted by Gasteiger charge is -2.36. The number of anilines is 1. The van der Waals surface area contributed by atoms with E-state index in [-0.39, 0.29) is 18.2 Å². The molecule has 40 heavy (non-hydrogen) atoms. The second-order valence-electron chi connectivity index (χ2n) is 10.7. The lowest BCUT2D eigenvalue weighted by atomic mass is 10.0. The van der Waals surface area contributed by atoms with Crippen LogP contribution in [-0.4, -0.2) is 56.3 Å². The van der Waals surface area contributed by atoms with Gasteiger partial charge in [0.25, 0.3) is 5.91 Å². The van der Waals surface area contributed by atoms with E-state index in [2.05, 4.69) is 10.3 Å². The lowest BCUT2D eigenvalue weighted by molar-refractivity contribution is 0.00820. The van der Waals surface area contributed by atoms with Crippen LogP contribution in [0.1, 0.15) is 85.2 Å². The minimum Gasteiger partial charge on any atom is -0.461 e. The van der Waals surface area contributed by atoms with Crippen LogP contribution >= 0.6 is 0 Å². The monoisotopic (exact) mass is 548 g/mol. The van der Waals surface area contributed by atoms with Gasteiger partial charge >= 0.3 is 12.1 Å². The van der Waals surface area contributed by atoms with Crippen molar-refractivity contribution < 1.29 is 23.9 Å². The number of nitrogens with zero attached hydrogens (tertiary/aromatic N) is 4. The third-order valence-corrected chi connectivity index (χ3v) is 6.41. The van der Waals surface area contributed by atoms with Crippen molar-refractivity contribution in [3.8, 4) is 11.3 Å². The number of carbonyl (C=O) groups excluding carboxylic acids is 3. The maximum absolute atomic E-state index is 13.0. The summed E-state index contributed by atoms with van der Waals surface area (Å²) in [6, 6.07) is 9.80. The summed E-state index contributed by atoms with van der Waals surface area (Å²) < 4.78 is 12.1. The fraction of sp³-hybridized carbons (Fsp3) is 0.414. The number of aromatic nitrogens is 3. The molecule has 1 aromatic carbocycles. The first-order valence-electron chi connectivity index (χ1n) is 13.4. The number of pyridine rings is 1. The molecule has 3 heterocycles. The molecule has 2 aromatic heterocycles. The Balaban J connectivity index is 1.68. The fourth-order valence-corrected chi connectivity index (χ4v) is 4.59. The number of aryl methyl sites for hydroxylation is 1. The number of hydrogen-bond acceptors (Lipinski definition) is 8. The summed E-state index contributed by atoms with van der Waals surface area (Å²) >= 11 is 0. The summed E-state index contributed by atoms with van der Waals surface area (Å²) in [6.45, 7) is 9.69.